The SMILES string of the molecule is CN(CC1CC1)c1ccc(CNC(C)(C)C)cc1Cl. The number of benzene rings is 1. The zero-order chi connectivity index (χ0) is 14.0. The molecule has 0 unspecified atom stereocenters. The number of halogens is 1. The van der Waals surface area contributed by atoms with E-state index in [-0.39, 0.29) is 5.54 Å². The zero-order valence-electron chi connectivity index (χ0n) is 12.5. The molecule has 1 aromatic rings. The van der Waals surface area contributed by atoms with Crippen LogP contribution in [0, 0.1) is 5.92 Å². The van der Waals surface area contributed by atoms with Crippen LogP contribution in [0.2, 0.25) is 5.02 Å². The van der Waals surface area contributed by atoms with Crippen LogP contribution in [0.3, 0.4) is 0 Å². The Morgan fingerprint density at radius 2 is 2.00 bits per heavy atom. The lowest BCUT2D eigenvalue weighted by atomic mass is 10.1. The van der Waals surface area contributed by atoms with Gasteiger partial charge in [-0.25, -0.2) is 0 Å². The molecule has 0 aliphatic heterocycles. The van der Waals surface area contributed by atoms with Crippen LogP contribution in [-0.4, -0.2) is 19.1 Å². The first-order chi connectivity index (χ1) is 8.85. The standard InChI is InChI=1S/C16H25ClN2/c1-16(2,3)18-10-13-7-8-15(14(17)9-13)19(4)11-12-5-6-12/h7-9,12,18H,5-6,10-11H2,1-4H3. The highest BCUT2D eigenvalue weighted by molar-refractivity contribution is 6.33. The number of rotatable bonds is 5. The molecule has 1 saturated carbocycles. The molecule has 2 rings (SSSR count). The summed E-state index contributed by atoms with van der Waals surface area (Å²) in [6.07, 6.45) is 2.74. The monoisotopic (exact) mass is 280 g/mol. The van der Waals surface area contributed by atoms with Gasteiger partial charge in [-0.1, -0.05) is 17.7 Å². The van der Waals surface area contributed by atoms with Gasteiger partial charge in [0, 0.05) is 25.7 Å². The lowest BCUT2D eigenvalue weighted by molar-refractivity contribution is 0.424. The first-order valence-electron chi connectivity index (χ1n) is 7.10. The van der Waals surface area contributed by atoms with E-state index in [0.29, 0.717) is 0 Å². The molecule has 19 heavy (non-hydrogen) atoms. The van der Waals surface area contributed by atoms with Crippen molar-refractivity contribution in [1.82, 2.24) is 5.32 Å². The predicted molar refractivity (Wildman–Crippen MR) is 84.0 cm³/mol. The van der Waals surface area contributed by atoms with Gasteiger partial charge in [0.25, 0.3) is 0 Å². The summed E-state index contributed by atoms with van der Waals surface area (Å²) >= 11 is 6.41. The minimum absolute atomic E-state index is 0.133. The molecule has 0 heterocycles. The minimum Gasteiger partial charge on any atom is -0.373 e. The average Bonchev–Trinajstić information content (AvgIpc) is 3.09. The van der Waals surface area contributed by atoms with Gasteiger partial charge in [-0.05, 0) is 57.2 Å². The topological polar surface area (TPSA) is 15.3 Å². The van der Waals surface area contributed by atoms with E-state index in [1.54, 1.807) is 0 Å². The fourth-order valence-electron chi connectivity index (χ4n) is 2.12. The van der Waals surface area contributed by atoms with Gasteiger partial charge in [-0.3, -0.25) is 0 Å². The van der Waals surface area contributed by atoms with Gasteiger partial charge >= 0.3 is 0 Å². The summed E-state index contributed by atoms with van der Waals surface area (Å²) in [4.78, 5) is 2.28. The molecule has 0 spiro atoms. The van der Waals surface area contributed by atoms with Crippen molar-refractivity contribution >= 4 is 17.3 Å². The number of nitrogens with zero attached hydrogens (tertiary/aromatic N) is 1. The second kappa shape index (κ2) is 5.72. The van der Waals surface area contributed by atoms with E-state index in [1.807, 2.05) is 0 Å². The molecule has 1 N–H and O–H groups in total. The molecule has 0 atom stereocenters. The third kappa shape index (κ3) is 4.70. The van der Waals surface area contributed by atoms with Crippen LogP contribution in [-0.2, 0) is 6.54 Å². The normalized spacial score (nSPS) is 15.6. The zero-order valence-corrected chi connectivity index (χ0v) is 13.2. The molecule has 0 radical (unpaired) electrons. The van der Waals surface area contributed by atoms with Gasteiger partial charge in [0.15, 0.2) is 0 Å². The fourth-order valence-corrected chi connectivity index (χ4v) is 2.47. The molecule has 0 bridgehead atoms. The van der Waals surface area contributed by atoms with E-state index >= 15 is 0 Å². The summed E-state index contributed by atoms with van der Waals surface area (Å²) in [5.74, 6) is 0.878. The number of anilines is 1. The summed E-state index contributed by atoms with van der Waals surface area (Å²) in [5.41, 5.74) is 2.52. The first-order valence-corrected chi connectivity index (χ1v) is 7.47. The molecule has 0 aromatic heterocycles. The van der Waals surface area contributed by atoms with Gasteiger partial charge in [0.05, 0.1) is 10.7 Å². The van der Waals surface area contributed by atoms with Crippen molar-refractivity contribution in [3.63, 3.8) is 0 Å². The van der Waals surface area contributed by atoms with Gasteiger partial charge in [-0.15, -0.1) is 0 Å². The van der Waals surface area contributed by atoms with Crippen molar-refractivity contribution in [3.05, 3.63) is 28.8 Å². The summed E-state index contributed by atoms with van der Waals surface area (Å²) < 4.78 is 0. The molecule has 1 aliphatic carbocycles. The van der Waals surface area contributed by atoms with E-state index < -0.39 is 0 Å². The summed E-state index contributed by atoms with van der Waals surface area (Å²) in [6.45, 7) is 8.50. The quantitative estimate of drug-likeness (QED) is 0.874. The molecule has 1 aromatic carbocycles. The van der Waals surface area contributed by atoms with Crippen molar-refractivity contribution in [2.24, 2.45) is 5.92 Å². The van der Waals surface area contributed by atoms with Crippen LogP contribution < -0.4 is 10.2 Å². The van der Waals surface area contributed by atoms with Crippen LogP contribution in [0.25, 0.3) is 0 Å². The third-order valence-corrected chi connectivity index (χ3v) is 3.78. The molecule has 0 saturated heterocycles. The Morgan fingerprint density at radius 3 is 2.53 bits per heavy atom. The molecule has 1 aliphatic rings. The van der Waals surface area contributed by atoms with Gasteiger partial charge in [-0.2, -0.15) is 0 Å². The van der Waals surface area contributed by atoms with Crippen LogP contribution in [0.15, 0.2) is 18.2 Å². The predicted octanol–water partition coefficient (Wildman–Crippen LogP) is 4.07. The van der Waals surface area contributed by atoms with Crippen molar-refractivity contribution in [2.45, 2.75) is 45.7 Å². The largest absolute Gasteiger partial charge is 0.373 e. The Balaban J connectivity index is 1.99. The van der Waals surface area contributed by atoms with E-state index in [4.69, 9.17) is 11.6 Å². The molecular formula is C16H25ClN2. The fraction of sp³-hybridized carbons (Fsp3) is 0.625. The van der Waals surface area contributed by atoms with E-state index in [1.165, 1.54) is 18.4 Å². The maximum Gasteiger partial charge on any atom is 0.0642 e. The maximum atomic E-state index is 6.41. The van der Waals surface area contributed by atoms with Crippen LogP contribution >= 0.6 is 11.6 Å². The highest BCUT2D eigenvalue weighted by atomic mass is 35.5. The smallest absolute Gasteiger partial charge is 0.0642 e. The summed E-state index contributed by atoms with van der Waals surface area (Å²) in [7, 11) is 2.13. The van der Waals surface area contributed by atoms with Crippen LogP contribution in [0.4, 0.5) is 5.69 Å². The highest BCUT2D eigenvalue weighted by Crippen LogP contribution is 2.33. The minimum atomic E-state index is 0.133. The Morgan fingerprint density at radius 1 is 1.32 bits per heavy atom. The van der Waals surface area contributed by atoms with Crippen LogP contribution in [0.5, 0.6) is 0 Å². The molecule has 2 nitrogen and oxygen atoms in total. The average molecular weight is 281 g/mol. The van der Waals surface area contributed by atoms with Gasteiger partial charge in [0.2, 0.25) is 0 Å². The Kier molecular flexibility index (Phi) is 4.42. The molecule has 106 valence electrons. The number of nitrogens with one attached hydrogen (secondary N) is 1. The van der Waals surface area contributed by atoms with Crippen molar-refractivity contribution in [3.8, 4) is 0 Å². The second-order valence-electron chi connectivity index (χ2n) is 6.71. The van der Waals surface area contributed by atoms with Gasteiger partial charge in [0.1, 0.15) is 0 Å². The lowest BCUT2D eigenvalue weighted by Gasteiger charge is -2.23. The number of hydrogen-bond acceptors (Lipinski definition) is 2. The Bertz CT molecular complexity index is 433. The molecule has 3 heteroatoms. The maximum absolute atomic E-state index is 6.41. The molecule has 0 amide bonds. The van der Waals surface area contributed by atoms with Crippen molar-refractivity contribution in [2.75, 3.05) is 18.5 Å². The van der Waals surface area contributed by atoms with Crippen LogP contribution in [0.1, 0.15) is 39.2 Å². The highest BCUT2D eigenvalue weighted by Gasteiger charge is 2.23. The van der Waals surface area contributed by atoms with E-state index in [9.17, 15) is 0 Å². The van der Waals surface area contributed by atoms with E-state index in [0.717, 1.165) is 29.7 Å². The van der Waals surface area contributed by atoms with Crippen molar-refractivity contribution in [1.29, 1.82) is 0 Å². The summed E-state index contributed by atoms with van der Waals surface area (Å²) in [6, 6.07) is 6.40. The molecular weight excluding hydrogens is 256 g/mol. The van der Waals surface area contributed by atoms with Gasteiger partial charge < -0.3 is 10.2 Å². The lowest BCUT2D eigenvalue weighted by Crippen LogP contribution is -2.35. The Labute approximate surface area is 122 Å². The third-order valence-electron chi connectivity index (χ3n) is 3.48. The number of hydrogen-bond donors (Lipinski definition) is 1. The second-order valence-corrected chi connectivity index (χ2v) is 7.12. The molecule has 1 fully saturated rings. The van der Waals surface area contributed by atoms with E-state index in [2.05, 4.69) is 56.2 Å². The first kappa shape index (κ1) is 14.7. The Hall–Kier alpha value is -0.730. The summed E-state index contributed by atoms with van der Waals surface area (Å²) in [5, 5.41) is 4.34. The van der Waals surface area contributed by atoms with Crippen molar-refractivity contribution < 1.29 is 0 Å².